The van der Waals surface area contributed by atoms with Crippen LogP contribution in [0.1, 0.15) is 17.2 Å². The molecule has 0 amide bonds. The Morgan fingerprint density at radius 3 is 2.63 bits per heavy atom. The number of rotatable bonds is 4. The molecule has 0 saturated carbocycles. The highest BCUT2D eigenvalue weighted by Gasteiger charge is 2.17. The first kappa shape index (κ1) is 13.8. The van der Waals surface area contributed by atoms with Crippen LogP contribution in [0.3, 0.4) is 0 Å². The molecule has 0 aliphatic heterocycles. The molecule has 0 aliphatic carbocycles. The number of nitrogens with one attached hydrogen (secondary N) is 1. The number of benzene rings is 2. The molecular formula is C14H14ClFN2O. The van der Waals surface area contributed by atoms with Crippen LogP contribution in [-0.4, -0.2) is 7.11 Å². The van der Waals surface area contributed by atoms with Gasteiger partial charge in [0.15, 0.2) is 0 Å². The van der Waals surface area contributed by atoms with Gasteiger partial charge in [0, 0.05) is 16.7 Å². The maximum absolute atomic E-state index is 14.1. The van der Waals surface area contributed by atoms with Crippen LogP contribution in [0.4, 0.5) is 4.39 Å². The van der Waals surface area contributed by atoms with Gasteiger partial charge in [-0.1, -0.05) is 29.8 Å². The molecule has 0 bridgehead atoms. The van der Waals surface area contributed by atoms with Crippen LogP contribution in [0.15, 0.2) is 42.5 Å². The Kier molecular flexibility index (Phi) is 4.37. The number of methoxy groups -OCH3 is 1. The van der Waals surface area contributed by atoms with Crippen molar-refractivity contribution >= 4 is 11.6 Å². The minimum Gasteiger partial charge on any atom is -0.497 e. The first-order valence-corrected chi connectivity index (χ1v) is 6.08. The van der Waals surface area contributed by atoms with E-state index < -0.39 is 6.04 Å². The summed E-state index contributed by atoms with van der Waals surface area (Å²) in [5.74, 6) is 5.61. The van der Waals surface area contributed by atoms with Crippen molar-refractivity contribution in [2.75, 3.05) is 7.11 Å². The first-order valence-electron chi connectivity index (χ1n) is 5.70. The highest BCUT2D eigenvalue weighted by molar-refractivity contribution is 6.30. The van der Waals surface area contributed by atoms with Crippen molar-refractivity contribution in [1.82, 2.24) is 5.43 Å². The highest BCUT2D eigenvalue weighted by atomic mass is 35.5. The maximum atomic E-state index is 14.1. The van der Waals surface area contributed by atoms with E-state index in [9.17, 15) is 4.39 Å². The van der Waals surface area contributed by atoms with Crippen molar-refractivity contribution in [2.45, 2.75) is 6.04 Å². The Balaban J connectivity index is 2.42. The fourth-order valence-corrected chi connectivity index (χ4v) is 2.12. The molecule has 0 radical (unpaired) electrons. The van der Waals surface area contributed by atoms with E-state index in [0.29, 0.717) is 16.3 Å². The highest BCUT2D eigenvalue weighted by Crippen LogP contribution is 2.27. The average Bonchev–Trinajstić information content (AvgIpc) is 2.41. The number of hydrazine groups is 1. The monoisotopic (exact) mass is 280 g/mol. The summed E-state index contributed by atoms with van der Waals surface area (Å²) in [6.07, 6.45) is 0. The van der Waals surface area contributed by atoms with Gasteiger partial charge < -0.3 is 4.74 Å². The Bertz CT molecular complexity index is 577. The lowest BCUT2D eigenvalue weighted by molar-refractivity contribution is 0.410. The van der Waals surface area contributed by atoms with Crippen molar-refractivity contribution in [3.8, 4) is 5.75 Å². The molecule has 2 aromatic rings. The predicted molar refractivity (Wildman–Crippen MR) is 73.6 cm³/mol. The summed E-state index contributed by atoms with van der Waals surface area (Å²) in [5.41, 5.74) is 3.83. The van der Waals surface area contributed by atoms with Crippen molar-refractivity contribution in [3.05, 3.63) is 64.4 Å². The van der Waals surface area contributed by atoms with E-state index in [-0.39, 0.29) is 5.82 Å². The third kappa shape index (κ3) is 3.04. The van der Waals surface area contributed by atoms with Crippen LogP contribution in [0.5, 0.6) is 5.75 Å². The molecule has 3 nitrogen and oxygen atoms in total. The molecule has 100 valence electrons. The third-order valence-electron chi connectivity index (χ3n) is 2.87. The molecular weight excluding hydrogens is 267 g/mol. The van der Waals surface area contributed by atoms with E-state index in [4.69, 9.17) is 22.2 Å². The molecule has 0 heterocycles. The maximum Gasteiger partial charge on any atom is 0.132 e. The van der Waals surface area contributed by atoms with Crippen LogP contribution in [0.2, 0.25) is 5.02 Å². The molecule has 2 rings (SSSR count). The third-order valence-corrected chi connectivity index (χ3v) is 3.10. The summed E-state index contributed by atoms with van der Waals surface area (Å²) in [7, 11) is 1.49. The summed E-state index contributed by atoms with van der Waals surface area (Å²) >= 11 is 5.94. The number of nitrogens with two attached hydrogens (primary N) is 1. The lowest BCUT2D eigenvalue weighted by atomic mass is 9.99. The molecule has 3 N–H and O–H groups in total. The molecule has 2 aromatic carbocycles. The SMILES string of the molecule is COc1ccc(C(NN)c2cccc(Cl)c2)c(F)c1. The van der Waals surface area contributed by atoms with Gasteiger partial charge in [-0.2, -0.15) is 0 Å². The molecule has 19 heavy (non-hydrogen) atoms. The van der Waals surface area contributed by atoms with Crippen LogP contribution >= 0.6 is 11.6 Å². The zero-order valence-corrected chi connectivity index (χ0v) is 11.1. The fraction of sp³-hybridized carbons (Fsp3) is 0.143. The molecule has 1 atom stereocenters. The number of hydrogen-bond donors (Lipinski definition) is 2. The fourth-order valence-electron chi connectivity index (χ4n) is 1.92. The van der Waals surface area contributed by atoms with Crippen LogP contribution in [0, 0.1) is 5.82 Å². The van der Waals surface area contributed by atoms with Gasteiger partial charge in [-0.15, -0.1) is 0 Å². The summed E-state index contributed by atoms with van der Waals surface area (Å²) in [6.45, 7) is 0. The minimum absolute atomic E-state index is 0.387. The van der Waals surface area contributed by atoms with Gasteiger partial charge in [0.2, 0.25) is 0 Å². The Hall–Kier alpha value is -1.62. The summed E-state index contributed by atoms with van der Waals surface area (Å²) < 4.78 is 19.0. The van der Waals surface area contributed by atoms with E-state index in [1.54, 1.807) is 30.3 Å². The number of ether oxygens (including phenoxy) is 1. The Morgan fingerprint density at radius 1 is 1.26 bits per heavy atom. The second-order valence-corrected chi connectivity index (χ2v) is 4.48. The van der Waals surface area contributed by atoms with Crippen LogP contribution in [-0.2, 0) is 0 Å². The van der Waals surface area contributed by atoms with Gasteiger partial charge in [-0.3, -0.25) is 5.84 Å². The summed E-state index contributed by atoms with van der Waals surface area (Å²) in [4.78, 5) is 0. The van der Waals surface area contributed by atoms with Gasteiger partial charge >= 0.3 is 0 Å². The number of halogens is 2. The van der Waals surface area contributed by atoms with Gasteiger partial charge in [0.25, 0.3) is 0 Å². The second-order valence-electron chi connectivity index (χ2n) is 4.04. The quantitative estimate of drug-likeness (QED) is 0.668. The Labute approximate surface area is 116 Å². The van der Waals surface area contributed by atoms with Crippen molar-refractivity contribution in [2.24, 2.45) is 5.84 Å². The molecule has 0 spiro atoms. The Morgan fingerprint density at radius 2 is 2.05 bits per heavy atom. The molecule has 0 fully saturated rings. The first-order chi connectivity index (χ1) is 9.15. The zero-order valence-electron chi connectivity index (χ0n) is 10.4. The van der Waals surface area contributed by atoms with Crippen molar-refractivity contribution in [3.63, 3.8) is 0 Å². The molecule has 0 aliphatic rings. The van der Waals surface area contributed by atoms with E-state index in [0.717, 1.165) is 5.56 Å². The van der Waals surface area contributed by atoms with E-state index >= 15 is 0 Å². The van der Waals surface area contributed by atoms with E-state index in [2.05, 4.69) is 5.43 Å². The van der Waals surface area contributed by atoms with E-state index in [1.807, 2.05) is 6.07 Å². The average molecular weight is 281 g/mol. The van der Waals surface area contributed by atoms with Gasteiger partial charge in [-0.25, -0.2) is 9.82 Å². The smallest absolute Gasteiger partial charge is 0.132 e. The topological polar surface area (TPSA) is 47.3 Å². The normalized spacial score (nSPS) is 12.2. The summed E-state index contributed by atoms with van der Waals surface area (Å²) in [5, 5.41) is 0.576. The minimum atomic E-state index is -0.468. The largest absolute Gasteiger partial charge is 0.497 e. The second kappa shape index (κ2) is 6.02. The molecule has 5 heteroatoms. The van der Waals surface area contributed by atoms with Gasteiger partial charge in [0.05, 0.1) is 13.2 Å². The lowest BCUT2D eigenvalue weighted by Crippen LogP contribution is -2.29. The zero-order chi connectivity index (χ0) is 13.8. The van der Waals surface area contributed by atoms with Crippen LogP contribution < -0.4 is 16.0 Å². The predicted octanol–water partition coefficient (Wildman–Crippen LogP) is 3.04. The standard InChI is InChI=1S/C14H14ClFN2O/c1-19-11-5-6-12(13(16)8-11)14(18-17)9-3-2-4-10(15)7-9/h2-8,14,18H,17H2,1H3. The van der Waals surface area contributed by atoms with Gasteiger partial charge in [-0.05, 0) is 23.8 Å². The molecule has 1 unspecified atom stereocenters. The van der Waals surface area contributed by atoms with E-state index in [1.165, 1.54) is 13.2 Å². The summed E-state index contributed by atoms with van der Waals surface area (Å²) in [6, 6.07) is 11.3. The van der Waals surface area contributed by atoms with Crippen molar-refractivity contribution in [1.29, 1.82) is 0 Å². The van der Waals surface area contributed by atoms with Crippen LogP contribution in [0.25, 0.3) is 0 Å². The van der Waals surface area contributed by atoms with Gasteiger partial charge in [0.1, 0.15) is 11.6 Å². The van der Waals surface area contributed by atoms with Crippen molar-refractivity contribution < 1.29 is 9.13 Å². The number of hydrogen-bond acceptors (Lipinski definition) is 3. The lowest BCUT2D eigenvalue weighted by Gasteiger charge is -2.18. The molecule has 0 saturated heterocycles. The molecule has 0 aromatic heterocycles.